The van der Waals surface area contributed by atoms with Crippen molar-refractivity contribution >= 4 is 11.7 Å². The predicted molar refractivity (Wildman–Crippen MR) is 94.1 cm³/mol. The molecule has 5 nitrogen and oxygen atoms in total. The Bertz CT molecular complexity index is 650. The van der Waals surface area contributed by atoms with Crippen molar-refractivity contribution in [3.63, 3.8) is 0 Å². The Kier molecular flexibility index (Phi) is 5.43. The number of carbonyl (C=O) groups excluding carboxylic acids is 1. The maximum atomic E-state index is 11.7. The van der Waals surface area contributed by atoms with E-state index in [1.165, 1.54) is 5.56 Å². The van der Waals surface area contributed by atoms with E-state index in [2.05, 4.69) is 26.9 Å². The first-order valence-electron chi connectivity index (χ1n) is 8.39. The molecule has 24 heavy (non-hydrogen) atoms. The highest BCUT2D eigenvalue weighted by atomic mass is 16.5. The number of esters is 1. The first kappa shape index (κ1) is 16.5. The molecule has 1 saturated heterocycles. The summed E-state index contributed by atoms with van der Waals surface area (Å²) in [5.41, 5.74) is 3.07. The molecule has 0 spiro atoms. The number of pyridine rings is 1. The molecule has 1 aromatic heterocycles. The maximum Gasteiger partial charge on any atom is 0.338 e. The molecule has 0 bridgehead atoms. The van der Waals surface area contributed by atoms with Gasteiger partial charge < -0.3 is 9.64 Å². The van der Waals surface area contributed by atoms with Crippen molar-refractivity contribution in [1.29, 1.82) is 0 Å². The average molecular weight is 325 g/mol. The second-order valence-corrected chi connectivity index (χ2v) is 5.89. The Morgan fingerprint density at radius 3 is 2.33 bits per heavy atom. The van der Waals surface area contributed by atoms with Crippen LogP contribution in [-0.2, 0) is 11.3 Å². The van der Waals surface area contributed by atoms with Crippen LogP contribution in [-0.4, -0.2) is 48.6 Å². The third-order valence-corrected chi connectivity index (χ3v) is 4.27. The van der Waals surface area contributed by atoms with Gasteiger partial charge in [-0.15, -0.1) is 0 Å². The van der Waals surface area contributed by atoms with Gasteiger partial charge in [-0.25, -0.2) is 4.79 Å². The van der Waals surface area contributed by atoms with E-state index in [1.807, 2.05) is 43.6 Å². The molecule has 1 aliphatic rings. The molecule has 1 aliphatic heterocycles. The average Bonchev–Trinajstić information content (AvgIpc) is 2.64. The molecule has 0 saturated carbocycles. The van der Waals surface area contributed by atoms with Crippen molar-refractivity contribution in [3.8, 4) is 0 Å². The number of nitrogens with zero attached hydrogens (tertiary/aromatic N) is 3. The molecule has 0 aliphatic carbocycles. The molecule has 0 atom stereocenters. The van der Waals surface area contributed by atoms with Crippen LogP contribution in [0, 0.1) is 0 Å². The predicted octanol–water partition coefficient (Wildman–Crippen LogP) is 2.58. The maximum absolute atomic E-state index is 11.7. The van der Waals surface area contributed by atoms with E-state index in [1.54, 1.807) is 0 Å². The summed E-state index contributed by atoms with van der Waals surface area (Å²) in [6.45, 7) is 7.23. The summed E-state index contributed by atoms with van der Waals surface area (Å²) >= 11 is 0. The third kappa shape index (κ3) is 4.11. The van der Waals surface area contributed by atoms with E-state index in [4.69, 9.17) is 4.74 Å². The number of rotatable bonds is 5. The van der Waals surface area contributed by atoms with Crippen molar-refractivity contribution < 1.29 is 9.53 Å². The Labute approximate surface area is 142 Å². The Hall–Kier alpha value is -2.40. The zero-order valence-corrected chi connectivity index (χ0v) is 14.0. The van der Waals surface area contributed by atoms with E-state index in [-0.39, 0.29) is 5.97 Å². The van der Waals surface area contributed by atoms with Gasteiger partial charge in [-0.2, -0.15) is 0 Å². The minimum Gasteiger partial charge on any atom is -0.462 e. The van der Waals surface area contributed by atoms with Crippen LogP contribution in [0.15, 0.2) is 48.8 Å². The molecule has 0 N–H and O–H groups in total. The normalized spacial score (nSPS) is 15.3. The van der Waals surface area contributed by atoms with Crippen LogP contribution < -0.4 is 4.90 Å². The largest absolute Gasteiger partial charge is 0.462 e. The van der Waals surface area contributed by atoms with Gasteiger partial charge in [0.2, 0.25) is 0 Å². The molecular formula is C19H23N3O2. The summed E-state index contributed by atoms with van der Waals surface area (Å²) in [5, 5.41) is 0. The Morgan fingerprint density at radius 1 is 1.04 bits per heavy atom. The zero-order valence-electron chi connectivity index (χ0n) is 14.0. The first-order valence-corrected chi connectivity index (χ1v) is 8.39. The monoisotopic (exact) mass is 325 g/mol. The summed E-state index contributed by atoms with van der Waals surface area (Å²) in [6.07, 6.45) is 3.69. The summed E-state index contributed by atoms with van der Waals surface area (Å²) in [5.74, 6) is -0.258. The molecule has 2 heterocycles. The van der Waals surface area contributed by atoms with Crippen molar-refractivity contribution in [2.45, 2.75) is 13.5 Å². The van der Waals surface area contributed by atoms with Crippen LogP contribution in [0.25, 0.3) is 0 Å². The summed E-state index contributed by atoms with van der Waals surface area (Å²) in [4.78, 5) is 20.6. The molecule has 2 aromatic rings. The van der Waals surface area contributed by atoms with E-state index in [0.717, 1.165) is 38.4 Å². The summed E-state index contributed by atoms with van der Waals surface area (Å²) in [7, 11) is 0. The van der Waals surface area contributed by atoms with Gasteiger partial charge in [0.15, 0.2) is 0 Å². The molecule has 1 fully saturated rings. The molecule has 5 heteroatoms. The number of carbonyl (C=O) groups is 1. The second-order valence-electron chi connectivity index (χ2n) is 5.89. The molecule has 0 amide bonds. The lowest BCUT2D eigenvalue weighted by Crippen LogP contribution is -2.45. The van der Waals surface area contributed by atoms with Gasteiger partial charge in [0.05, 0.1) is 12.2 Å². The van der Waals surface area contributed by atoms with E-state index >= 15 is 0 Å². The van der Waals surface area contributed by atoms with Crippen LogP contribution in [0.5, 0.6) is 0 Å². The minimum atomic E-state index is -0.258. The van der Waals surface area contributed by atoms with Crippen LogP contribution in [0.1, 0.15) is 22.8 Å². The molecule has 0 unspecified atom stereocenters. The van der Waals surface area contributed by atoms with Crippen LogP contribution >= 0.6 is 0 Å². The first-order chi connectivity index (χ1) is 11.8. The lowest BCUT2D eigenvalue weighted by atomic mass is 10.1. The number of benzene rings is 1. The van der Waals surface area contributed by atoms with Gasteiger partial charge in [-0.05, 0) is 48.9 Å². The second kappa shape index (κ2) is 7.93. The fourth-order valence-electron chi connectivity index (χ4n) is 2.93. The van der Waals surface area contributed by atoms with Gasteiger partial charge >= 0.3 is 5.97 Å². The summed E-state index contributed by atoms with van der Waals surface area (Å²) in [6, 6.07) is 11.8. The topological polar surface area (TPSA) is 45.7 Å². The number of hydrogen-bond donors (Lipinski definition) is 0. The lowest BCUT2D eigenvalue weighted by Gasteiger charge is -2.36. The number of piperazine rings is 1. The smallest absolute Gasteiger partial charge is 0.338 e. The molecule has 0 radical (unpaired) electrons. The number of anilines is 1. The highest BCUT2D eigenvalue weighted by molar-refractivity contribution is 5.89. The van der Waals surface area contributed by atoms with Gasteiger partial charge in [0.1, 0.15) is 0 Å². The van der Waals surface area contributed by atoms with Crippen molar-refractivity contribution in [1.82, 2.24) is 9.88 Å². The molecule has 126 valence electrons. The third-order valence-electron chi connectivity index (χ3n) is 4.27. The van der Waals surface area contributed by atoms with Crippen LogP contribution in [0.4, 0.5) is 5.69 Å². The van der Waals surface area contributed by atoms with Gasteiger partial charge in [0, 0.05) is 50.8 Å². The van der Waals surface area contributed by atoms with Crippen LogP contribution in [0.3, 0.4) is 0 Å². The van der Waals surface area contributed by atoms with E-state index in [0.29, 0.717) is 12.2 Å². The SMILES string of the molecule is CCOC(=O)c1ccc(N2CCN(Cc3ccncc3)CC2)cc1. The minimum absolute atomic E-state index is 0.258. The number of aromatic nitrogens is 1. The Morgan fingerprint density at radius 2 is 1.71 bits per heavy atom. The van der Waals surface area contributed by atoms with Crippen LogP contribution in [0.2, 0.25) is 0 Å². The summed E-state index contributed by atoms with van der Waals surface area (Å²) < 4.78 is 5.02. The van der Waals surface area contributed by atoms with Crippen molar-refractivity contribution in [2.75, 3.05) is 37.7 Å². The van der Waals surface area contributed by atoms with Crippen molar-refractivity contribution in [2.24, 2.45) is 0 Å². The van der Waals surface area contributed by atoms with E-state index < -0.39 is 0 Å². The zero-order chi connectivity index (χ0) is 16.8. The van der Waals surface area contributed by atoms with Gasteiger partial charge in [-0.3, -0.25) is 9.88 Å². The number of ether oxygens (including phenoxy) is 1. The lowest BCUT2D eigenvalue weighted by molar-refractivity contribution is 0.0526. The van der Waals surface area contributed by atoms with Crippen molar-refractivity contribution in [3.05, 3.63) is 59.9 Å². The molecule has 3 rings (SSSR count). The molecular weight excluding hydrogens is 302 g/mol. The van der Waals surface area contributed by atoms with E-state index in [9.17, 15) is 4.79 Å². The molecule has 1 aromatic carbocycles. The highest BCUT2D eigenvalue weighted by Crippen LogP contribution is 2.18. The fourth-order valence-corrected chi connectivity index (χ4v) is 2.93. The van der Waals surface area contributed by atoms with Gasteiger partial charge in [0.25, 0.3) is 0 Å². The van der Waals surface area contributed by atoms with Gasteiger partial charge in [-0.1, -0.05) is 0 Å². The Balaban J connectivity index is 1.54. The quantitative estimate of drug-likeness (QED) is 0.791. The highest BCUT2D eigenvalue weighted by Gasteiger charge is 2.17. The number of hydrogen-bond acceptors (Lipinski definition) is 5. The fraction of sp³-hybridized carbons (Fsp3) is 0.368. The standard InChI is InChI=1S/C19H23N3O2/c1-2-24-19(23)17-3-5-18(6-4-17)22-13-11-21(12-14-22)15-16-7-9-20-10-8-16/h3-10H,2,11-15H2,1H3.